The number of halogens is 3. The van der Waals surface area contributed by atoms with Gasteiger partial charge in [0.1, 0.15) is 0 Å². The van der Waals surface area contributed by atoms with E-state index in [-0.39, 0.29) is 13.0 Å². The van der Waals surface area contributed by atoms with E-state index in [0.717, 1.165) is 12.8 Å². The van der Waals surface area contributed by atoms with E-state index in [4.69, 9.17) is 10.6 Å². The van der Waals surface area contributed by atoms with Crippen molar-refractivity contribution in [3.05, 3.63) is 35.9 Å². The zero-order valence-corrected chi connectivity index (χ0v) is 14.7. The highest BCUT2D eigenvalue weighted by molar-refractivity contribution is 5.85. The highest BCUT2D eigenvalue weighted by atomic mass is 19.4. The van der Waals surface area contributed by atoms with E-state index >= 15 is 0 Å². The van der Waals surface area contributed by atoms with E-state index < -0.39 is 24.1 Å². The summed E-state index contributed by atoms with van der Waals surface area (Å²) < 4.78 is 46.3. The highest BCUT2D eigenvalue weighted by Gasteiger charge is 2.61. The van der Waals surface area contributed by atoms with Crippen molar-refractivity contribution in [3.8, 4) is 0 Å². The predicted molar refractivity (Wildman–Crippen MR) is 90.3 cm³/mol. The van der Waals surface area contributed by atoms with Crippen LogP contribution >= 0.6 is 0 Å². The molecule has 1 aromatic carbocycles. The van der Waals surface area contributed by atoms with Gasteiger partial charge in [0.25, 0.3) is 5.91 Å². The number of rotatable bonds is 10. The van der Waals surface area contributed by atoms with Crippen LogP contribution in [0.15, 0.2) is 30.3 Å². The molecule has 0 aromatic heterocycles. The third-order valence-corrected chi connectivity index (χ3v) is 4.09. The van der Waals surface area contributed by atoms with Gasteiger partial charge in [0.2, 0.25) is 5.60 Å². The average Bonchev–Trinajstić information content (AvgIpc) is 2.56. The molecule has 0 aliphatic heterocycles. The predicted octanol–water partition coefficient (Wildman–Crippen LogP) is 4.10. The second-order valence-electron chi connectivity index (χ2n) is 6.57. The minimum atomic E-state index is -4.86. The lowest BCUT2D eigenvalue weighted by molar-refractivity contribution is -0.273. The lowest BCUT2D eigenvalue weighted by atomic mass is 9.93. The van der Waals surface area contributed by atoms with Crippen molar-refractivity contribution >= 4 is 5.91 Å². The van der Waals surface area contributed by atoms with E-state index in [1.807, 2.05) is 0 Å². The summed E-state index contributed by atoms with van der Waals surface area (Å²) in [5.74, 6) is 4.15. The Balaban J connectivity index is 2.85. The molecule has 0 aliphatic rings. The van der Waals surface area contributed by atoms with Crippen LogP contribution in [0.25, 0.3) is 0 Å². The maximum absolute atomic E-state index is 13.7. The smallest absolute Gasteiger partial charge is 0.352 e. The first-order chi connectivity index (χ1) is 11.7. The first-order valence-electron chi connectivity index (χ1n) is 8.48. The second-order valence-corrected chi connectivity index (χ2v) is 6.57. The van der Waals surface area contributed by atoms with Crippen LogP contribution in [0.1, 0.15) is 51.5 Å². The van der Waals surface area contributed by atoms with Crippen LogP contribution in [0, 0.1) is 5.92 Å². The molecule has 7 heteroatoms. The van der Waals surface area contributed by atoms with Crippen molar-refractivity contribution < 1.29 is 22.7 Å². The van der Waals surface area contributed by atoms with Gasteiger partial charge < -0.3 is 4.74 Å². The topological polar surface area (TPSA) is 64.3 Å². The molecule has 142 valence electrons. The van der Waals surface area contributed by atoms with Gasteiger partial charge in [0.15, 0.2) is 0 Å². The lowest BCUT2D eigenvalue weighted by Crippen LogP contribution is -2.60. The molecule has 3 N–H and O–H groups in total. The second kappa shape index (κ2) is 9.77. The lowest BCUT2D eigenvalue weighted by Gasteiger charge is -2.33. The molecule has 0 aliphatic carbocycles. The molecule has 0 bridgehead atoms. The minimum absolute atomic E-state index is 0.231. The van der Waals surface area contributed by atoms with Crippen LogP contribution in [0.2, 0.25) is 0 Å². The van der Waals surface area contributed by atoms with Gasteiger partial charge in [0.05, 0.1) is 6.61 Å². The van der Waals surface area contributed by atoms with Gasteiger partial charge in [0, 0.05) is 0 Å². The van der Waals surface area contributed by atoms with Crippen LogP contribution in [0.4, 0.5) is 13.2 Å². The summed E-state index contributed by atoms with van der Waals surface area (Å²) in [7, 11) is 0. The summed E-state index contributed by atoms with van der Waals surface area (Å²) in [6, 6.07) is 8.43. The van der Waals surface area contributed by atoms with Crippen LogP contribution in [-0.4, -0.2) is 17.7 Å². The van der Waals surface area contributed by atoms with Crippen molar-refractivity contribution in [2.75, 3.05) is 0 Å². The molecule has 0 radical (unpaired) electrons. The highest BCUT2D eigenvalue weighted by Crippen LogP contribution is 2.39. The molecule has 4 nitrogen and oxygen atoms in total. The zero-order chi connectivity index (χ0) is 18.9. The summed E-state index contributed by atoms with van der Waals surface area (Å²) >= 11 is 0. The number of nitrogens with one attached hydrogen (secondary N) is 1. The van der Waals surface area contributed by atoms with E-state index in [1.165, 1.54) is 0 Å². The molecule has 0 saturated carbocycles. The third kappa shape index (κ3) is 6.32. The Kier molecular flexibility index (Phi) is 8.38. The summed E-state index contributed by atoms with van der Waals surface area (Å²) in [5.41, 5.74) is -0.755. The minimum Gasteiger partial charge on any atom is -0.352 e. The molecular formula is C18H27F3N2O2. The Hall–Kier alpha value is -1.60. The Bertz CT molecular complexity index is 521. The summed E-state index contributed by atoms with van der Waals surface area (Å²) in [6.45, 7) is 3.80. The standard InChI is InChI=1S/C18H27F3N2O2/c1-14(2)9-5-4-8-12-17(16(24)23-22,18(19,20)21)25-13-15-10-6-3-7-11-15/h3,6-7,10-11,14H,4-5,8-9,12-13,22H2,1-2H3,(H,23,24)/t17-/m1/s1. The largest absolute Gasteiger partial charge is 0.426 e. The number of amides is 1. The van der Waals surface area contributed by atoms with Crippen molar-refractivity contribution in [2.45, 2.75) is 64.3 Å². The molecular weight excluding hydrogens is 333 g/mol. The van der Waals surface area contributed by atoms with Gasteiger partial charge in [-0.1, -0.05) is 63.4 Å². The molecule has 0 fully saturated rings. The zero-order valence-electron chi connectivity index (χ0n) is 14.7. The fraction of sp³-hybridized carbons (Fsp3) is 0.611. The number of hydrazine groups is 1. The molecule has 1 atom stereocenters. The van der Waals surface area contributed by atoms with E-state index in [0.29, 0.717) is 17.9 Å². The Morgan fingerprint density at radius 3 is 2.32 bits per heavy atom. The van der Waals surface area contributed by atoms with Gasteiger partial charge in [-0.15, -0.1) is 0 Å². The van der Waals surface area contributed by atoms with Crippen LogP contribution in [0.5, 0.6) is 0 Å². The number of benzene rings is 1. The number of carbonyl (C=O) groups excluding carboxylic acids is 1. The van der Waals surface area contributed by atoms with Gasteiger partial charge in [-0.2, -0.15) is 13.2 Å². The number of alkyl halides is 3. The first kappa shape index (κ1) is 21.4. The molecule has 25 heavy (non-hydrogen) atoms. The quantitative estimate of drug-likeness (QED) is 0.286. The number of hydrogen-bond donors (Lipinski definition) is 2. The molecule has 1 amide bonds. The van der Waals surface area contributed by atoms with Crippen molar-refractivity contribution in [3.63, 3.8) is 0 Å². The van der Waals surface area contributed by atoms with Crippen LogP contribution in [-0.2, 0) is 16.1 Å². The van der Waals surface area contributed by atoms with Gasteiger partial charge >= 0.3 is 6.18 Å². The molecule has 0 spiro atoms. The Morgan fingerprint density at radius 1 is 1.16 bits per heavy atom. The average molecular weight is 360 g/mol. The van der Waals surface area contributed by atoms with E-state index in [9.17, 15) is 18.0 Å². The van der Waals surface area contributed by atoms with Gasteiger partial charge in [-0.05, 0) is 24.3 Å². The summed E-state index contributed by atoms with van der Waals surface area (Å²) in [6.07, 6.45) is -2.73. The Morgan fingerprint density at radius 2 is 1.80 bits per heavy atom. The number of hydrogen-bond acceptors (Lipinski definition) is 3. The van der Waals surface area contributed by atoms with E-state index in [1.54, 1.807) is 35.8 Å². The number of ether oxygens (including phenoxy) is 1. The first-order valence-corrected chi connectivity index (χ1v) is 8.48. The van der Waals surface area contributed by atoms with Gasteiger partial charge in [-0.25, -0.2) is 5.84 Å². The SMILES string of the molecule is CC(C)CCCCC[C@@](OCc1ccccc1)(C(=O)NN)C(F)(F)F. The van der Waals surface area contributed by atoms with Gasteiger partial charge in [-0.3, -0.25) is 10.2 Å². The van der Waals surface area contributed by atoms with Crippen LogP contribution < -0.4 is 11.3 Å². The maximum atomic E-state index is 13.7. The van der Waals surface area contributed by atoms with E-state index in [2.05, 4.69) is 13.8 Å². The summed E-state index contributed by atoms with van der Waals surface area (Å²) in [4.78, 5) is 12.0. The maximum Gasteiger partial charge on any atom is 0.426 e. The summed E-state index contributed by atoms with van der Waals surface area (Å²) in [5, 5.41) is 0. The Labute approximate surface area is 146 Å². The molecule has 0 saturated heterocycles. The van der Waals surface area contributed by atoms with Crippen molar-refractivity contribution in [2.24, 2.45) is 11.8 Å². The molecule has 1 rings (SSSR count). The fourth-order valence-corrected chi connectivity index (χ4v) is 2.60. The molecule has 1 aromatic rings. The number of nitrogens with two attached hydrogens (primary N) is 1. The normalized spacial score (nSPS) is 14.4. The monoisotopic (exact) mass is 360 g/mol. The molecule has 0 heterocycles. The third-order valence-electron chi connectivity index (χ3n) is 4.09. The number of unbranched alkanes of at least 4 members (excludes halogenated alkanes) is 2. The van der Waals surface area contributed by atoms with Crippen molar-refractivity contribution in [1.82, 2.24) is 5.43 Å². The van der Waals surface area contributed by atoms with Crippen molar-refractivity contribution in [1.29, 1.82) is 0 Å². The number of carbonyl (C=O) groups is 1. The fourth-order valence-electron chi connectivity index (χ4n) is 2.60. The van der Waals surface area contributed by atoms with Crippen LogP contribution in [0.3, 0.4) is 0 Å². The molecule has 0 unspecified atom stereocenters.